The summed E-state index contributed by atoms with van der Waals surface area (Å²) in [6, 6.07) is 5.89. The quantitative estimate of drug-likeness (QED) is 0.810. The number of hydrogen-bond acceptors (Lipinski definition) is 3. The molecule has 0 amide bonds. The van der Waals surface area contributed by atoms with Gasteiger partial charge in [0.25, 0.3) is 0 Å². The van der Waals surface area contributed by atoms with E-state index in [0.29, 0.717) is 5.92 Å². The maximum absolute atomic E-state index is 8.76. The first-order valence-corrected chi connectivity index (χ1v) is 7.05. The monoisotopic (exact) mass is 275 g/mol. The molecule has 0 aliphatic carbocycles. The lowest BCUT2D eigenvalue weighted by atomic mass is 10.1. The number of methoxy groups -OCH3 is 1. The minimum absolute atomic E-state index is 0.116. The van der Waals surface area contributed by atoms with Gasteiger partial charge in [0, 0.05) is 24.2 Å². The van der Waals surface area contributed by atoms with Crippen LogP contribution in [0.2, 0.25) is 0 Å². The van der Waals surface area contributed by atoms with Crippen LogP contribution in [0.5, 0.6) is 5.75 Å². The normalized spacial score (nSPS) is 11.9. The van der Waals surface area contributed by atoms with E-state index in [-0.39, 0.29) is 6.61 Å². The van der Waals surface area contributed by atoms with Gasteiger partial charge >= 0.3 is 0 Å². The first kappa shape index (κ1) is 16.6. The Morgan fingerprint density at radius 2 is 2.15 bits per heavy atom. The first-order chi connectivity index (χ1) is 9.60. The van der Waals surface area contributed by atoms with E-state index in [9.17, 15) is 0 Å². The van der Waals surface area contributed by atoms with Crippen molar-refractivity contribution >= 4 is 0 Å². The van der Waals surface area contributed by atoms with Crippen LogP contribution in [0.15, 0.2) is 18.2 Å². The molecule has 0 saturated carbocycles. The topological polar surface area (TPSA) is 32.7 Å². The van der Waals surface area contributed by atoms with Crippen LogP contribution in [0, 0.1) is 17.8 Å². The van der Waals surface area contributed by atoms with Crippen molar-refractivity contribution in [3.8, 4) is 17.6 Å². The molecule has 1 aromatic carbocycles. The highest BCUT2D eigenvalue weighted by Crippen LogP contribution is 2.21. The van der Waals surface area contributed by atoms with E-state index >= 15 is 0 Å². The van der Waals surface area contributed by atoms with Gasteiger partial charge in [0.05, 0.1) is 7.11 Å². The molecule has 3 heteroatoms. The molecule has 0 aliphatic heterocycles. The molecule has 1 N–H and O–H groups in total. The van der Waals surface area contributed by atoms with Crippen LogP contribution < -0.4 is 4.74 Å². The second kappa shape index (κ2) is 8.63. The number of aliphatic hydroxyl groups is 1. The van der Waals surface area contributed by atoms with Crippen molar-refractivity contribution in [2.24, 2.45) is 5.92 Å². The average molecular weight is 275 g/mol. The van der Waals surface area contributed by atoms with Crippen molar-refractivity contribution in [3.05, 3.63) is 29.3 Å². The Morgan fingerprint density at radius 3 is 2.75 bits per heavy atom. The SMILES string of the molecule is CCC(C)CN(C)Cc1cc(C#CCO)ccc1OC. The molecule has 110 valence electrons. The summed E-state index contributed by atoms with van der Waals surface area (Å²) in [6.07, 6.45) is 1.18. The van der Waals surface area contributed by atoms with Gasteiger partial charge in [0.15, 0.2) is 0 Å². The summed E-state index contributed by atoms with van der Waals surface area (Å²) in [5.74, 6) is 7.18. The standard InChI is InChI=1S/C17H25NO2/c1-5-14(2)12-18(3)13-16-11-15(7-6-10-19)8-9-17(16)20-4/h8-9,11,14,19H,5,10,12-13H2,1-4H3. The molecule has 0 radical (unpaired) electrons. The minimum atomic E-state index is -0.116. The highest BCUT2D eigenvalue weighted by atomic mass is 16.5. The molecule has 3 nitrogen and oxygen atoms in total. The van der Waals surface area contributed by atoms with Gasteiger partial charge in [-0.15, -0.1) is 0 Å². The van der Waals surface area contributed by atoms with Crippen molar-refractivity contribution in [2.75, 3.05) is 27.3 Å². The van der Waals surface area contributed by atoms with Gasteiger partial charge in [-0.25, -0.2) is 0 Å². The van der Waals surface area contributed by atoms with Crippen LogP contribution in [-0.4, -0.2) is 37.3 Å². The van der Waals surface area contributed by atoms with Crippen LogP contribution >= 0.6 is 0 Å². The molecule has 0 spiro atoms. The van der Waals surface area contributed by atoms with Crippen molar-refractivity contribution in [1.29, 1.82) is 0 Å². The largest absolute Gasteiger partial charge is 0.496 e. The molecule has 1 aromatic rings. The predicted molar refractivity (Wildman–Crippen MR) is 82.7 cm³/mol. The molecule has 0 heterocycles. The van der Waals surface area contributed by atoms with Gasteiger partial charge in [-0.05, 0) is 31.2 Å². The second-order valence-electron chi connectivity index (χ2n) is 5.20. The highest BCUT2D eigenvalue weighted by Gasteiger charge is 2.09. The van der Waals surface area contributed by atoms with Crippen LogP contribution in [0.25, 0.3) is 0 Å². The molecule has 1 unspecified atom stereocenters. The van der Waals surface area contributed by atoms with Crippen LogP contribution in [-0.2, 0) is 6.54 Å². The second-order valence-corrected chi connectivity index (χ2v) is 5.20. The molecule has 0 aliphatic rings. The van der Waals surface area contributed by atoms with Gasteiger partial charge in [-0.1, -0.05) is 32.1 Å². The van der Waals surface area contributed by atoms with E-state index in [1.807, 2.05) is 18.2 Å². The smallest absolute Gasteiger partial charge is 0.123 e. The Labute approximate surface area is 122 Å². The summed E-state index contributed by atoms with van der Waals surface area (Å²) in [5.41, 5.74) is 2.04. The Bertz CT molecular complexity index is 474. The molecule has 20 heavy (non-hydrogen) atoms. The molecular weight excluding hydrogens is 250 g/mol. The number of benzene rings is 1. The third-order valence-electron chi connectivity index (χ3n) is 3.35. The van der Waals surface area contributed by atoms with E-state index in [1.165, 1.54) is 6.42 Å². The Hall–Kier alpha value is -1.50. The third-order valence-corrected chi connectivity index (χ3v) is 3.35. The fourth-order valence-electron chi connectivity index (χ4n) is 2.14. The Balaban J connectivity index is 2.85. The van der Waals surface area contributed by atoms with Gasteiger partial charge in [0.1, 0.15) is 12.4 Å². The zero-order valence-electron chi connectivity index (χ0n) is 12.9. The number of aliphatic hydroxyl groups excluding tert-OH is 1. The molecule has 0 bridgehead atoms. The van der Waals surface area contributed by atoms with E-state index in [1.54, 1.807) is 7.11 Å². The van der Waals surface area contributed by atoms with E-state index in [4.69, 9.17) is 9.84 Å². The zero-order chi connectivity index (χ0) is 15.0. The van der Waals surface area contributed by atoms with Gasteiger partial charge < -0.3 is 14.7 Å². The van der Waals surface area contributed by atoms with Crippen LogP contribution in [0.1, 0.15) is 31.4 Å². The van der Waals surface area contributed by atoms with Gasteiger partial charge in [-0.2, -0.15) is 0 Å². The van der Waals surface area contributed by atoms with Gasteiger partial charge in [0.2, 0.25) is 0 Å². The summed E-state index contributed by atoms with van der Waals surface area (Å²) in [4.78, 5) is 2.30. The summed E-state index contributed by atoms with van der Waals surface area (Å²) in [5, 5.41) is 8.76. The molecular formula is C17H25NO2. The minimum Gasteiger partial charge on any atom is -0.496 e. The highest BCUT2D eigenvalue weighted by molar-refractivity contribution is 5.44. The van der Waals surface area contributed by atoms with E-state index in [2.05, 4.69) is 37.6 Å². The number of rotatable bonds is 6. The van der Waals surface area contributed by atoms with Crippen molar-refractivity contribution in [2.45, 2.75) is 26.8 Å². The van der Waals surface area contributed by atoms with Crippen molar-refractivity contribution in [1.82, 2.24) is 4.90 Å². The Kier molecular flexibility index (Phi) is 7.14. The van der Waals surface area contributed by atoms with E-state index < -0.39 is 0 Å². The molecule has 0 fully saturated rings. The number of nitrogens with zero attached hydrogens (tertiary/aromatic N) is 1. The molecule has 0 aromatic heterocycles. The van der Waals surface area contributed by atoms with Crippen LogP contribution in [0.4, 0.5) is 0 Å². The maximum Gasteiger partial charge on any atom is 0.123 e. The fraction of sp³-hybridized carbons (Fsp3) is 0.529. The van der Waals surface area contributed by atoms with E-state index in [0.717, 1.165) is 30.0 Å². The van der Waals surface area contributed by atoms with Crippen LogP contribution in [0.3, 0.4) is 0 Å². The summed E-state index contributed by atoms with van der Waals surface area (Å²) in [7, 11) is 3.81. The van der Waals surface area contributed by atoms with Crippen molar-refractivity contribution < 1.29 is 9.84 Å². The fourth-order valence-corrected chi connectivity index (χ4v) is 2.14. The lowest BCUT2D eigenvalue weighted by molar-refractivity contribution is 0.270. The lowest BCUT2D eigenvalue weighted by Gasteiger charge is -2.21. The first-order valence-electron chi connectivity index (χ1n) is 7.05. The van der Waals surface area contributed by atoms with Gasteiger partial charge in [-0.3, -0.25) is 0 Å². The summed E-state index contributed by atoms with van der Waals surface area (Å²) in [6.45, 7) is 6.25. The molecule has 0 saturated heterocycles. The van der Waals surface area contributed by atoms with Crippen molar-refractivity contribution in [3.63, 3.8) is 0 Å². The average Bonchev–Trinajstić information content (AvgIpc) is 2.45. The summed E-state index contributed by atoms with van der Waals surface area (Å²) >= 11 is 0. The predicted octanol–water partition coefficient (Wildman–Crippen LogP) is 2.52. The molecule has 1 rings (SSSR count). The lowest BCUT2D eigenvalue weighted by Crippen LogP contribution is -2.24. The number of ether oxygens (including phenoxy) is 1. The molecule has 1 atom stereocenters. The zero-order valence-corrected chi connectivity index (χ0v) is 12.9. The third kappa shape index (κ3) is 5.24. The Morgan fingerprint density at radius 1 is 1.40 bits per heavy atom. The number of hydrogen-bond donors (Lipinski definition) is 1. The summed E-state index contributed by atoms with van der Waals surface area (Å²) < 4.78 is 5.41. The maximum atomic E-state index is 8.76.